The fraction of sp³-hybridized carbons (Fsp3) is 0.455. The fourth-order valence-electron chi connectivity index (χ4n) is 3.81. The Morgan fingerprint density at radius 1 is 1.00 bits per heavy atom. The number of ether oxygens (including phenoxy) is 1. The molecule has 0 radical (unpaired) electrons. The number of amides is 1. The summed E-state index contributed by atoms with van der Waals surface area (Å²) in [7, 11) is 1.81. The molecule has 27 heavy (non-hydrogen) atoms. The van der Waals surface area contributed by atoms with Gasteiger partial charge in [0, 0.05) is 30.2 Å². The summed E-state index contributed by atoms with van der Waals surface area (Å²) in [6.07, 6.45) is 5.64. The smallest absolute Gasteiger partial charge is 0.338 e. The van der Waals surface area contributed by atoms with Crippen LogP contribution in [0.5, 0.6) is 0 Å². The van der Waals surface area contributed by atoms with Crippen molar-refractivity contribution < 1.29 is 14.3 Å². The van der Waals surface area contributed by atoms with Crippen molar-refractivity contribution in [3.8, 4) is 5.69 Å². The maximum absolute atomic E-state index is 12.3. The van der Waals surface area contributed by atoms with Crippen LogP contribution in [0.15, 0.2) is 36.4 Å². The third-order valence-corrected chi connectivity index (χ3v) is 5.47. The molecule has 1 aliphatic rings. The lowest BCUT2D eigenvalue weighted by Crippen LogP contribution is -2.40. The second-order valence-corrected chi connectivity index (χ2v) is 7.37. The maximum atomic E-state index is 12.3. The molecule has 1 aromatic heterocycles. The summed E-state index contributed by atoms with van der Waals surface area (Å²) >= 11 is 0. The molecule has 1 amide bonds. The first-order valence-corrected chi connectivity index (χ1v) is 9.65. The van der Waals surface area contributed by atoms with Crippen LogP contribution in [0.3, 0.4) is 0 Å². The van der Waals surface area contributed by atoms with Crippen LogP contribution in [0.2, 0.25) is 0 Å². The number of benzene rings is 1. The molecule has 0 unspecified atom stereocenters. The predicted octanol–water partition coefficient (Wildman–Crippen LogP) is 4.04. The van der Waals surface area contributed by atoms with Crippen LogP contribution in [0.4, 0.5) is 0 Å². The summed E-state index contributed by atoms with van der Waals surface area (Å²) in [4.78, 5) is 26.3. The van der Waals surface area contributed by atoms with Gasteiger partial charge in [-0.1, -0.05) is 19.3 Å². The van der Waals surface area contributed by atoms with Gasteiger partial charge in [0.15, 0.2) is 6.61 Å². The van der Waals surface area contributed by atoms with Gasteiger partial charge in [-0.2, -0.15) is 0 Å². The highest BCUT2D eigenvalue weighted by Gasteiger charge is 2.23. The first-order valence-electron chi connectivity index (χ1n) is 9.65. The number of likely N-dealkylation sites (N-methyl/N-ethyl adjacent to an activating group) is 1. The van der Waals surface area contributed by atoms with Crippen molar-refractivity contribution in [1.29, 1.82) is 0 Å². The van der Waals surface area contributed by atoms with Crippen LogP contribution >= 0.6 is 0 Å². The Morgan fingerprint density at radius 3 is 2.19 bits per heavy atom. The summed E-state index contributed by atoms with van der Waals surface area (Å²) in [5, 5.41) is 0. The van der Waals surface area contributed by atoms with Crippen LogP contribution in [0.1, 0.15) is 53.8 Å². The molecule has 1 fully saturated rings. The molecule has 1 saturated carbocycles. The van der Waals surface area contributed by atoms with Crippen molar-refractivity contribution in [2.75, 3.05) is 13.7 Å². The third-order valence-electron chi connectivity index (χ3n) is 5.47. The lowest BCUT2D eigenvalue weighted by molar-refractivity contribution is -0.135. The lowest BCUT2D eigenvalue weighted by atomic mass is 9.94. The van der Waals surface area contributed by atoms with Gasteiger partial charge >= 0.3 is 5.97 Å². The Bertz CT molecular complexity index is 782. The molecule has 0 atom stereocenters. The van der Waals surface area contributed by atoms with Gasteiger partial charge < -0.3 is 14.2 Å². The number of esters is 1. The molecule has 0 spiro atoms. The molecule has 0 aliphatic heterocycles. The van der Waals surface area contributed by atoms with E-state index < -0.39 is 5.97 Å². The molecule has 0 N–H and O–H groups in total. The van der Waals surface area contributed by atoms with Gasteiger partial charge in [-0.15, -0.1) is 0 Å². The van der Waals surface area contributed by atoms with Gasteiger partial charge in [0.1, 0.15) is 0 Å². The second-order valence-electron chi connectivity index (χ2n) is 7.37. The number of nitrogens with zero attached hydrogens (tertiary/aromatic N) is 2. The van der Waals surface area contributed by atoms with Crippen LogP contribution in [-0.2, 0) is 9.53 Å². The fourth-order valence-corrected chi connectivity index (χ4v) is 3.81. The Labute approximate surface area is 160 Å². The number of aryl methyl sites for hydroxylation is 2. The van der Waals surface area contributed by atoms with Gasteiger partial charge in [0.2, 0.25) is 0 Å². The van der Waals surface area contributed by atoms with Crippen molar-refractivity contribution in [2.45, 2.75) is 52.0 Å². The molecule has 1 aromatic carbocycles. The van der Waals surface area contributed by atoms with Crippen LogP contribution < -0.4 is 0 Å². The lowest BCUT2D eigenvalue weighted by Gasteiger charge is -2.31. The zero-order valence-electron chi connectivity index (χ0n) is 16.4. The van der Waals surface area contributed by atoms with Crippen molar-refractivity contribution in [2.24, 2.45) is 0 Å². The topological polar surface area (TPSA) is 51.5 Å². The summed E-state index contributed by atoms with van der Waals surface area (Å²) in [5.41, 5.74) is 3.73. The van der Waals surface area contributed by atoms with E-state index in [9.17, 15) is 9.59 Å². The van der Waals surface area contributed by atoms with E-state index in [4.69, 9.17) is 4.74 Å². The molecule has 144 valence electrons. The van der Waals surface area contributed by atoms with E-state index in [1.165, 1.54) is 6.42 Å². The number of carbonyl (C=O) groups excluding carboxylic acids is 2. The molecule has 0 bridgehead atoms. The highest BCUT2D eigenvalue weighted by molar-refractivity contribution is 5.91. The Kier molecular flexibility index (Phi) is 5.99. The first-order chi connectivity index (χ1) is 13.0. The number of rotatable bonds is 5. The molecule has 3 rings (SSSR count). The number of hydrogen-bond donors (Lipinski definition) is 0. The standard InChI is InChI=1S/C22H28N2O3/c1-16-9-10-17(2)24(16)20-13-11-18(12-14-20)22(26)27-15-21(25)23(3)19-7-5-4-6-8-19/h9-14,19H,4-8,15H2,1-3H3. The number of hydrogen-bond acceptors (Lipinski definition) is 3. The third kappa shape index (κ3) is 4.41. The minimum absolute atomic E-state index is 0.134. The van der Waals surface area contributed by atoms with Gasteiger partial charge in [0.05, 0.1) is 5.56 Å². The summed E-state index contributed by atoms with van der Waals surface area (Å²) in [6.45, 7) is 3.89. The second kappa shape index (κ2) is 8.42. The summed E-state index contributed by atoms with van der Waals surface area (Å²) < 4.78 is 7.37. The van der Waals surface area contributed by atoms with E-state index in [0.29, 0.717) is 5.56 Å². The van der Waals surface area contributed by atoms with E-state index in [1.807, 2.05) is 33.0 Å². The maximum Gasteiger partial charge on any atom is 0.338 e. The molecular formula is C22H28N2O3. The van der Waals surface area contributed by atoms with Gasteiger partial charge in [-0.3, -0.25) is 4.79 Å². The zero-order valence-corrected chi connectivity index (χ0v) is 16.4. The van der Waals surface area contributed by atoms with Crippen LogP contribution in [0.25, 0.3) is 5.69 Å². The van der Waals surface area contributed by atoms with Crippen LogP contribution in [-0.4, -0.2) is 41.0 Å². The van der Waals surface area contributed by atoms with E-state index in [1.54, 1.807) is 17.0 Å². The van der Waals surface area contributed by atoms with Crippen molar-refractivity contribution in [3.05, 3.63) is 53.3 Å². The van der Waals surface area contributed by atoms with E-state index in [-0.39, 0.29) is 18.6 Å². The first kappa shape index (κ1) is 19.2. The monoisotopic (exact) mass is 368 g/mol. The largest absolute Gasteiger partial charge is 0.452 e. The molecule has 1 aliphatic carbocycles. The molecular weight excluding hydrogens is 340 g/mol. The minimum Gasteiger partial charge on any atom is -0.452 e. The average Bonchev–Trinajstić information content (AvgIpc) is 3.04. The Morgan fingerprint density at radius 2 is 1.59 bits per heavy atom. The highest BCUT2D eigenvalue weighted by Crippen LogP contribution is 2.22. The molecule has 5 heteroatoms. The van der Waals surface area contributed by atoms with Gasteiger partial charge in [0.25, 0.3) is 5.91 Å². The molecule has 1 heterocycles. The zero-order chi connectivity index (χ0) is 19.4. The molecule has 0 saturated heterocycles. The van der Waals surface area contributed by atoms with Crippen molar-refractivity contribution in [3.63, 3.8) is 0 Å². The van der Waals surface area contributed by atoms with Crippen molar-refractivity contribution >= 4 is 11.9 Å². The van der Waals surface area contributed by atoms with Crippen molar-refractivity contribution in [1.82, 2.24) is 9.47 Å². The number of carbonyl (C=O) groups is 2. The average molecular weight is 368 g/mol. The van der Waals surface area contributed by atoms with Gasteiger partial charge in [-0.25, -0.2) is 4.79 Å². The van der Waals surface area contributed by atoms with E-state index >= 15 is 0 Å². The Balaban J connectivity index is 1.57. The normalized spacial score (nSPS) is 14.8. The molecule has 5 nitrogen and oxygen atoms in total. The molecule has 2 aromatic rings. The van der Waals surface area contributed by atoms with E-state index in [2.05, 4.69) is 16.7 Å². The summed E-state index contributed by atoms with van der Waals surface area (Å²) in [5.74, 6) is -0.599. The van der Waals surface area contributed by atoms with Crippen LogP contribution in [0, 0.1) is 13.8 Å². The van der Waals surface area contributed by atoms with Gasteiger partial charge in [-0.05, 0) is 63.1 Å². The highest BCUT2D eigenvalue weighted by atomic mass is 16.5. The van der Waals surface area contributed by atoms with E-state index in [0.717, 1.165) is 42.8 Å². The summed E-state index contributed by atoms with van der Waals surface area (Å²) in [6, 6.07) is 11.7. The predicted molar refractivity (Wildman–Crippen MR) is 105 cm³/mol. The Hall–Kier alpha value is -2.56. The minimum atomic E-state index is -0.465. The number of aromatic nitrogens is 1. The quantitative estimate of drug-likeness (QED) is 0.749. The SMILES string of the molecule is Cc1ccc(C)n1-c1ccc(C(=O)OCC(=O)N(C)C2CCCCC2)cc1.